The summed E-state index contributed by atoms with van der Waals surface area (Å²) in [5, 5.41) is 11.7. The van der Waals surface area contributed by atoms with Crippen molar-refractivity contribution < 1.29 is 28.9 Å². The number of nitrogens with zero attached hydrogens (tertiary/aromatic N) is 1. The number of likely N-dealkylation sites (tertiary alicyclic amines) is 1. The Kier molecular flexibility index (Phi) is 6.39. The van der Waals surface area contributed by atoms with Crippen molar-refractivity contribution in [3.8, 4) is 17.2 Å². The first-order valence-electron chi connectivity index (χ1n) is 12.5. The Morgan fingerprint density at radius 2 is 1.79 bits per heavy atom. The molecule has 0 spiro atoms. The van der Waals surface area contributed by atoms with Gasteiger partial charge in [0, 0.05) is 12.1 Å². The van der Waals surface area contributed by atoms with Crippen LogP contribution in [0.15, 0.2) is 66.2 Å². The number of aliphatic hydroxyl groups excluding tert-OH is 1. The molecule has 3 aromatic carbocycles. The second-order valence-electron chi connectivity index (χ2n) is 10.7. The molecule has 3 aromatic rings. The highest BCUT2D eigenvalue weighted by Crippen LogP contribution is 2.43. The Balaban J connectivity index is 1.66. The maximum atomic E-state index is 13.6. The second kappa shape index (κ2) is 9.56. The molecule has 1 amide bonds. The standard InChI is InChI=1S/C31H31NO6/c1-18-9-11-21(31(2,3)4)15-23(18)28(33)26-27(20-7-6-8-22(14-20)36-5)32(30(35)29(26)34)16-19-10-12-24-25(13-19)38-17-37-24/h6-15,27,33H,16-17H2,1-5H3/b28-26+. The van der Waals surface area contributed by atoms with Crippen molar-refractivity contribution in [1.29, 1.82) is 0 Å². The molecular formula is C31H31NO6. The minimum absolute atomic E-state index is 0.0538. The molecule has 5 rings (SSSR count). The van der Waals surface area contributed by atoms with Crippen LogP contribution in [0.4, 0.5) is 0 Å². The summed E-state index contributed by atoms with van der Waals surface area (Å²) in [5.41, 5.74) is 3.68. The topological polar surface area (TPSA) is 85.3 Å². The van der Waals surface area contributed by atoms with Gasteiger partial charge in [0.1, 0.15) is 11.5 Å². The number of aliphatic hydroxyl groups is 1. The molecule has 7 nitrogen and oxygen atoms in total. The number of methoxy groups -OCH3 is 1. The lowest BCUT2D eigenvalue weighted by Gasteiger charge is -2.26. The van der Waals surface area contributed by atoms with Crippen molar-refractivity contribution >= 4 is 17.4 Å². The van der Waals surface area contributed by atoms with Crippen molar-refractivity contribution in [2.24, 2.45) is 0 Å². The van der Waals surface area contributed by atoms with Gasteiger partial charge in [-0.25, -0.2) is 0 Å². The predicted molar refractivity (Wildman–Crippen MR) is 143 cm³/mol. The van der Waals surface area contributed by atoms with Gasteiger partial charge in [-0.15, -0.1) is 0 Å². The van der Waals surface area contributed by atoms with Crippen LogP contribution in [0.5, 0.6) is 17.2 Å². The van der Waals surface area contributed by atoms with E-state index in [-0.39, 0.29) is 30.1 Å². The van der Waals surface area contributed by atoms with E-state index in [1.165, 1.54) is 4.90 Å². The summed E-state index contributed by atoms with van der Waals surface area (Å²) in [4.78, 5) is 28.5. The fourth-order valence-corrected chi connectivity index (χ4v) is 4.93. The number of ketones is 1. The highest BCUT2D eigenvalue weighted by molar-refractivity contribution is 6.46. The highest BCUT2D eigenvalue weighted by Gasteiger charge is 2.46. The van der Waals surface area contributed by atoms with Gasteiger partial charge in [-0.1, -0.05) is 51.1 Å². The Labute approximate surface area is 222 Å². The lowest BCUT2D eigenvalue weighted by molar-refractivity contribution is -0.140. The number of carbonyl (C=O) groups is 2. The zero-order valence-corrected chi connectivity index (χ0v) is 22.2. The summed E-state index contributed by atoms with van der Waals surface area (Å²) < 4.78 is 16.3. The Morgan fingerprint density at radius 3 is 2.53 bits per heavy atom. The molecule has 7 heteroatoms. The normalized spacial score (nSPS) is 18.2. The molecule has 196 valence electrons. The maximum absolute atomic E-state index is 13.6. The molecule has 1 N–H and O–H groups in total. The first-order valence-corrected chi connectivity index (χ1v) is 12.5. The molecule has 0 aliphatic carbocycles. The van der Waals surface area contributed by atoms with Gasteiger partial charge < -0.3 is 24.2 Å². The number of hydrogen-bond acceptors (Lipinski definition) is 6. The molecule has 38 heavy (non-hydrogen) atoms. The van der Waals surface area contributed by atoms with Crippen LogP contribution in [0.2, 0.25) is 0 Å². The second-order valence-corrected chi connectivity index (χ2v) is 10.7. The summed E-state index contributed by atoms with van der Waals surface area (Å²) >= 11 is 0. The van der Waals surface area contributed by atoms with Crippen molar-refractivity contribution in [2.75, 3.05) is 13.9 Å². The fraction of sp³-hybridized carbons (Fsp3) is 0.290. The van der Waals surface area contributed by atoms with E-state index in [9.17, 15) is 14.7 Å². The molecule has 0 aromatic heterocycles. The average molecular weight is 514 g/mol. The summed E-state index contributed by atoms with van der Waals surface area (Å²) in [6.45, 7) is 8.41. The number of ether oxygens (including phenoxy) is 3. The molecule has 1 atom stereocenters. The SMILES string of the molecule is COc1cccc(C2/C(=C(\O)c3cc(C(C)(C)C)ccc3C)C(=O)C(=O)N2Cc2ccc3c(c2)OCO3)c1. The Morgan fingerprint density at radius 1 is 1.03 bits per heavy atom. The fourth-order valence-electron chi connectivity index (χ4n) is 4.93. The zero-order valence-electron chi connectivity index (χ0n) is 22.2. The summed E-state index contributed by atoms with van der Waals surface area (Å²) in [5.74, 6) is 0.217. The van der Waals surface area contributed by atoms with Crippen LogP contribution in [0.3, 0.4) is 0 Å². The summed E-state index contributed by atoms with van der Waals surface area (Å²) in [6, 6.07) is 17.7. The zero-order chi connectivity index (χ0) is 27.2. The largest absolute Gasteiger partial charge is 0.507 e. The minimum atomic E-state index is -0.812. The third-order valence-corrected chi connectivity index (χ3v) is 7.10. The van der Waals surface area contributed by atoms with E-state index in [2.05, 4.69) is 20.8 Å². The molecule has 2 aliphatic rings. The van der Waals surface area contributed by atoms with E-state index in [0.717, 1.165) is 16.7 Å². The third kappa shape index (κ3) is 4.49. The van der Waals surface area contributed by atoms with Crippen molar-refractivity contribution in [3.63, 3.8) is 0 Å². The average Bonchev–Trinajstić information content (AvgIpc) is 3.46. The molecule has 0 radical (unpaired) electrons. The molecule has 0 saturated carbocycles. The first-order chi connectivity index (χ1) is 18.1. The monoisotopic (exact) mass is 513 g/mol. The number of hydrogen-bond donors (Lipinski definition) is 1. The number of fused-ring (bicyclic) bond motifs is 1. The van der Waals surface area contributed by atoms with Crippen LogP contribution in [0, 0.1) is 6.92 Å². The molecule has 2 aliphatic heterocycles. The van der Waals surface area contributed by atoms with E-state index in [1.807, 2.05) is 37.3 Å². The highest BCUT2D eigenvalue weighted by atomic mass is 16.7. The van der Waals surface area contributed by atoms with Crippen LogP contribution >= 0.6 is 0 Å². The van der Waals surface area contributed by atoms with Crippen molar-refractivity contribution in [2.45, 2.75) is 45.7 Å². The number of rotatable bonds is 5. The summed E-state index contributed by atoms with van der Waals surface area (Å²) in [6.07, 6.45) is 0. The number of carbonyl (C=O) groups excluding carboxylic acids is 2. The van der Waals surface area contributed by atoms with E-state index >= 15 is 0 Å². The number of amides is 1. The predicted octanol–water partition coefficient (Wildman–Crippen LogP) is 5.65. The lowest BCUT2D eigenvalue weighted by atomic mass is 9.84. The van der Waals surface area contributed by atoms with Crippen molar-refractivity contribution in [3.05, 3.63) is 94.1 Å². The number of Topliss-reactive ketones (excluding diaryl/α,β-unsaturated/α-hetero) is 1. The first kappa shape index (κ1) is 25.4. The number of aryl methyl sites for hydroxylation is 1. The van der Waals surface area contributed by atoms with Crippen molar-refractivity contribution in [1.82, 2.24) is 4.90 Å². The molecule has 1 saturated heterocycles. The van der Waals surface area contributed by atoms with Gasteiger partial charge in [0.2, 0.25) is 6.79 Å². The van der Waals surface area contributed by atoms with Crippen LogP contribution in [-0.2, 0) is 21.5 Å². The molecule has 1 fully saturated rings. The molecule has 1 unspecified atom stereocenters. The minimum Gasteiger partial charge on any atom is -0.507 e. The van der Waals surface area contributed by atoms with Gasteiger partial charge in [-0.05, 0) is 64.9 Å². The van der Waals surface area contributed by atoms with Gasteiger partial charge >= 0.3 is 0 Å². The smallest absolute Gasteiger partial charge is 0.295 e. The van der Waals surface area contributed by atoms with Crippen LogP contribution in [-0.4, -0.2) is 35.6 Å². The van der Waals surface area contributed by atoms with E-state index < -0.39 is 17.7 Å². The van der Waals surface area contributed by atoms with E-state index in [4.69, 9.17) is 14.2 Å². The van der Waals surface area contributed by atoms with Crippen LogP contribution in [0.25, 0.3) is 5.76 Å². The van der Waals surface area contributed by atoms with E-state index in [0.29, 0.717) is 28.4 Å². The Bertz CT molecular complexity index is 1470. The van der Waals surface area contributed by atoms with Gasteiger partial charge in [-0.3, -0.25) is 9.59 Å². The van der Waals surface area contributed by atoms with Gasteiger partial charge in [0.15, 0.2) is 11.5 Å². The third-order valence-electron chi connectivity index (χ3n) is 7.10. The maximum Gasteiger partial charge on any atom is 0.295 e. The van der Waals surface area contributed by atoms with Crippen LogP contribution in [0.1, 0.15) is 54.6 Å². The van der Waals surface area contributed by atoms with Crippen LogP contribution < -0.4 is 14.2 Å². The molecule has 2 heterocycles. The van der Waals surface area contributed by atoms with E-state index in [1.54, 1.807) is 37.4 Å². The quantitative estimate of drug-likeness (QED) is 0.270. The number of benzene rings is 3. The van der Waals surface area contributed by atoms with Gasteiger partial charge in [0.25, 0.3) is 11.7 Å². The van der Waals surface area contributed by atoms with Gasteiger partial charge in [0.05, 0.1) is 18.7 Å². The molecular weight excluding hydrogens is 482 g/mol. The van der Waals surface area contributed by atoms with Gasteiger partial charge in [-0.2, -0.15) is 0 Å². The lowest BCUT2D eigenvalue weighted by Crippen LogP contribution is -2.29. The summed E-state index contributed by atoms with van der Waals surface area (Å²) in [7, 11) is 1.56. The Hall–Kier alpha value is -4.26. The molecule has 0 bridgehead atoms.